The van der Waals surface area contributed by atoms with E-state index in [-0.39, 0.29) is 6.42 Å². The van der Waals surface area contributed by atoms with Crippen molar-refractivity contribution in [2.75, 3.05) is 5.32 Å². The Balaban J connectivity index is 2.29. The van der Waals surface area contributed by atoms with E-state index >= 15 is 0 Å². The van der Waals surface area contributed by atoms with Gasteiger partial charge in [-0.25, -0.2) is 0 Å². The minimum Gasteiger partial charge on any atom is -0.481 e. The molecule has 100 valence electrons. The Labute approximate surface area is 124 Å². The van der Waals surface area contributed by atoms with Crippen molar-refractivity contribution >= 4 is 51.9 Å². The van der Waals surface area contributed by atoms with Crippen LogP contribution in [0.5, 0.6) is 0 Å². The monoisotopic (exact) mass is 315 g/mol. The number of nitrogens with one attached hydrogen (secondary N) is 1. The predicted octanol–water partition coefficient (Wildman–Crippen LogP) is 4.73. The molecule has 0 unspecified atom stereocenters. The Morgan fingerprint density at radius 3 is 2.74 bits per heavy atom. The van der Waals surface area contributed by atoms with Crippen molar-refractivity contribution in [1.82, 2.24) is 0 Å². The van der Waals surface area contributed by atoms with Gasteiger partial charge in [-0.15, -0.1) is 11.3 Å². The van der Waals surface area contributed by atoms with Gasteiger partial charge in [0.05, 0.1) is 22.8 Å². The fourth-order valence-corrected chi connectivity index (χ4v) is 2.84. The van der Waals surface area contributed by atoms with Crippen LogP contribution in [0.1, 0.15) is 11.1 Å². The maximum Gasteiger partial charge on any atom is 0.307 e. The van der Waals surface area contributed by atoms with Gasteiger partial charge in [0.15, 0.2) is 0 Å². The van der Waals surface area contributed by atoms with Gasteiger partial charge in [-0.05, 0) is 35.6 Å². The van der Waals surface area contributed by atoms with E-state index in [2.05, 4.69) is 5.32 Å². The molecule has 0 radical (unpaired) electrons. The highest BCUT2D eigenvalue weighted by molar-refractivity contribution is 7.08. The third kappa shape index (κ3) is 3.21. The Hall–Kier alpha value is -1.23. The van der Waals surface area contributed by atoms with E-state index in [4.69, 9.17) is 28.3 Å². The van der Waals surface area contributed by atoms with E-state index in [9.17, 15) is 4.79 Å². The summed E-state index contributed by atoms with van der Waals surface area (Å²) in [5.41, 5.74) is 3.01. The second-order valence-corrected chi connectivity index (χ2v) is 5.57. The summed E-state index contributed by atoms with van der Waals surface area (Å²) in [6, 6.07) is 3.54. The number of thiophene rings is 1. The highest BCUT2D eigenvalue weighted by Gasteiger charge is 2.11. The van der Waals surface area contributed by atoms with Gasteiger partial charge in [0.25, 0.3) is 0 Å². The van der Waals surface area contributed by atoms with Crippen LogP contribution in [0.3, 0.4) is 0 Å². The summed E-state index contributed by atoms with van der Waals surface area (Å²) >= 11 is 13.6. The predicted molar refractivity (Wildman–Crippen MR) is 80.1 cm³/mol. The van der Waals surface area contributed by atoms with Crippen molar-refractivity contribution in [2.24, 2.45) is 0 Å². The lowest BCUT2D eigenvalue weighted by Crippen LogP contribution is -2.02. The third-order valence-electron chi connectivity index (χ3n) is 2.67. The van der Waals surface area contributed by atoms with E-state index in [1.807, 2.05) is 17.7 Å². The van der Waals surface area contributed by atoms with Gasteiger partial charge in [0.1, 0.15) is 0 Å². The number of carboxylic acids is 1. The molecule has 0 aliphatic rings. The standard InChI is InChI=1S/C13H11Cl2NO2S/c1-7-9(14)2-3-10(13(7)15)16-11-6-19-5-8(11)4-12(17)18/h2-3,5-6,16H,4H2,1H3,(H,17,18). The summed E-state index contributed by atoms with van der Waals surface area (Å²) in [7, 11) is 0. The van der Waals surface area contributed by atoms with Crippen LogP contribution in [0.4, 0.5) is 11.4 Å². The molecule has 0 spiro atoms. The fourth-order valence-electron chi connectivity index (χ4n) is 1.64. The molecular weight excluding hydrogens is 305 g/mol. The number of aliphatic carboxylic acids is 1. The Bertz CT molecular complexity index is 625. The van der Waals surface area contributed by atoms with Crippen molar-refractivity contribution in [3.63, 3.8) is 0 Å². The van der Waals surface area contributed by atoms with Crippen molar-refractivity contribution in [3.05, 3.63) is 44.1 Å². The molecule has 0 fully saturated rings. The van der Waals surface area contributed by atoms with Gasteiger partial charge in [0, 0.05) is 10.4 Å². The van der Waals surface area contributed by atoms with Crippen LogP contribution in [-0.4, -0.2) is 11.1 Å². The van der Waals surface area contributed by atoms with Gasteiger partial charge in [-0.1, -0.05) is 23.2 Å². The van der Waals surface area contributed by atoms with E-state index in [1.54, 1.807) is 12.1 Å². The molecule has 0 bridgehead atoms. The van der Waals surface area contributed by atoms with Crippen molar-refractivity contribution in [3.8, 4) is 0 Å². The first kappa shape index (κ1) is 14.2. The summed E-state index contributed by atoms with van der Waals surface area (Å²) in [4.78, 5) is 10.8. The highest BCUT2D eigenvalue weighted by Crippen LogP contribution is 2.34. The first-order valence-electron chi connectivity index (χ1n) is 5.47. The Morgan fingerprint density at radius 1 is 1.32 bits per heavy atom. The number of carboxylic acid groups (broad SMARTS) is 1. The van der Waals surface area contributed by atoms with Crippen LogP contribution in [0.15, 0.2) is 22.9 Å². The zero-order chi connectivity index (χ0) is 14.0. The van der Waals surface area contributed by atoms with Gasteiger partial charge in [-0.2, -0.15) is 0 Å². The topological polar surface area (TPSA) is 49.3 Å². The minimum absolute atomic E-state index is 0.0178. The van der Waals surface area contributed by atoms with E-state index in [0.29, 0.717) is 15.7 Å². The van der Waals surface area contributed by atoms with Gasteiger partial charge in [0.2, 0.25) is 0 Å². The molecule has 0 aliphatic carbocycles. The van der Waals surface area contributed by atoms with Crippen LogP contribution >= 0.6 is 34.5 Å². The molecule has 1 heterocycles. The third-order valence-corrected chi connectivity index (χ3v) is 4.36. The lowest BCUT2D eigenvalue weighted by molar-refractivity contribution is -0.136. The van der Waals surface area contributed by atoms with Gasteiger partial charge >= 0.3 is 5.97 Å². The number of halogens is 2. The van der Waals surface area contributed by atoms with Gasteiger partial charge < -0.3 is 10.4 Å². The minimum atomic E-state index is -0.861. The second kappa shape index (κ2) is 5.82. The molecule has 6 heteroatoms. The first-order valence-corrected chi connectivity index (χ1v) is 7.17. The molecule has 2 N–H and O–H groups in total. The number of rotatable bonds is 4. The quantitative estimate of drug-likeness (QED) is 0.857. The second-order valence-electron chi connectivity index (χ2n) is 4.04. The van der Waals surface area contributed by atoms with Crippen LogP contribution in [0.2, 0.25) is 10.0 Å². The number of carbonyl (C=O) groups is 1. The molecule has 0 saturated heterocycles. The number of anilines is 2. The summed E-state index contributed by atoms with van der Waals surface area (Å²) < 4.78 is 0. The molecular formula is C13H11Cl2NO2S. The van der Waals surface area contributed by atoms with Crippen molar-refractivity contribution < 1.29 is 9.90 Å². The Morgan fingerprint density at radius 2 is 2.05 bits per heavy atom. The lowest BCUT2D eigenvalue weighted by Gasteiger charge is -2.11. The molecule has 19 heavy (non-hydrogen) atoms. The highest BCUT2D eigenvalue weighted by atomic mass is 35.5. The van der Waals surface area contributed by atoms with Crippen molar-refractivity contribution in [1.29, 1.82) is 0 Å². The van der Waals surface area contributed by atoms with Gasteiger partial charge in [-0.3, -0.25) is 4.79 Å². The largest absolute Gasteiger partial charge is 0.481 e. The van der Waals surface area contributed by atoms with E-state index in [1.165, 1.54) is 11.3 Å². The molecule has 3 nitrogen and oxygen atoms in total. The summed E-state index contributed by atoms with van der Waals surface area (Å²) in [5, 5.41) is 16.8. The average Bonchev–Trinajstić information content (AvgIpc) is 2.77. The fraction of sp³-hybridized carbons (Fsp3) is 0.154. The molecule has 1 aromatic carbocycles. The molecule has 1 aromatic heterocycles. The Kier molecular flexibility index (Phi) is 4.34. The normalized spacial score (nSPS) is 10.5. The smallest absolute Gasteiger partial charge is 0.307 e. The molecule has 0 aliphatic heterocycles. The lowest BCUT2D eigenvalue weighted by atomic mass is 10.2. The number of hydrogen-bond donors (Lipinski definition) is 2. The number of hydrogen-bond acceptors (Lipinski definition) is 3. The molecule has 0 amide bonds. The maximum atomic E-state index is 10.8. The molecule has 2 aromatic rings. The molecule has 0 saturated carbocycles. The van der Waals surface area contributed by atoms with Crippen LogP contribution < -0.4 is 5.32 Å². The van der Waals surface area contributed by atoms with Crippen LogP contribution in [0, 0.1) is 6.92 Å². The van der Waals surface area contributed by atoms with Crippen LogP contribution in [0.25, 0.3) is 0 Å². The summed E-state index contributed by atoms with van der Waals surface area (Å²) in [5.74, 6) is -0.861. The SMILES string of the molecule is Cc1c(Cl)ccc(Nc2cscc2CC(=O)O)c1Cl. The summed E-state index contributed by atoms with van der Waals surface area (Å²) in [6.07, 6.45) is -0.0178. The maximum absolute atomic E-state index is 10.8. The van der Waals surface area contributed by atoms with Crippen LogP contribution in [-0.2, 0) is 11.2 Å². The van der Waals surface area contributed by atoms with E-state index in [0.717, 1.165) is 16.8 Å². The first-order chi connectivity index (χ1) is 8.99. The number of benzene rings is 1. The van der Waals surface area contributed by atoms with E-state index < -0.39 is 5.97 Å². The zero-order valence-electron chi connectivity index (χ0n) is 10.0. The van der Waals surface area contributed by atoms with Crippen molar-refractivity contribution in [2.45, 2.75) is 13.3 Å². The average molecular weight is 316 g/mol. The molecule has 2 rings (SSSR count). The summed E-state index contributed by atoms with van der Waals surface area (Å²) in [6.45, 7) is 1.83. The molecule has 0 atom stereocenters. The zero-order valence-corrected chi connectivity index (χ0v) is 12.4.